The zero-order chi connectivity index (χ0) is 23.7. The number of amides is 1. The number of rotatable bonds is 5. The third-order valence-electron chi connectivity index (χ3n) is 6.04. The van der Waals surface area contributed by atoms with Crippen molar-refractivity contribution in [1.82, 2.24) is 19.0 Å². The Balaban J connectivity index is 1.53. The molecule has 172 valence electrons. The summed E-state index contributed by atoms with van der Waals surface area (Å²) in [5, 5.41) is 0. The lowest BCUT2D eigenvalue weighted by atomic mass is 10.2. The van der Waals surface area contributed by atoms with Crippen molar-refractivity contribution in [1.29, 1.82) is 0 Å². The number of imidazole rings is 1. The Kier molecular flexibility index (Phi) is 5.63. The topological polar surface area (TPSA) is 95.4 Å². The van der Waals surface area contributed by atoms with Gasteiger partial charge in [-0.25, -0.2) is 9.78 Å². The number of hydrogen-bond donors (Lipinski definition) is 1. The van der Waals surface area contributed by atoms with Crippen LogP contribution in [0.25, 0.3) is 16.7 Å². The van der Waals surface area contributed by atoms with Gasteiger partial charge in [0.05, 0.1) is 17.2 Å². The number of hydrogen-bond acceptors (Lipinski definition) is 5. The molecule has 8 heteroatoms. The molecule has 0 unspecified atom stereocenters. The normalized spacial score (nSPS) is 15.9. The van der Waals surface area contributed by atoms with Crippen LogP contribution in [-0.4, -0.2) is 38.0 Å². The molecule has 0 saturated carbocycles. The van der Waals surface area contributed by atoms with Gasteiger partial charge in [-0.2, -0.15) is 0 Å². The first-order valence-corrected chi connectivity index (χ1v) is 11.2. The Morgan fingerprint density at radius 1 is 1.09 bits per heavy atom. The Morgan fingerprint density at radius 2 is 1.82 bits per heavy atom. The highest BCUT2D eigenvalue weighted by Gasteiger charge is 2.30. The summed E-state index contributed by atoms with van der Waals surface area (Å²) in [5.74, 6) is 1.62. The molecule has 0 bridgehead atoms. The summed E-state index contributed by atoms with van der Waals surface area (Å²) in [4.78, 5) is 32.0. The summed E-state index contributed by atoms with van der Waals surface area (Å²) in [6, 6.07) is 18.4. The fraction of sp³-hybridized carbons (Fsp3) is 0.192. The van der Waals surface area contributed by atoms with Crippen LogP contribution in [0.3, 0.4) is 0 Å². The molecule has 1 aliphatic heterocycles. The predicted molar refractivity (Wildman–Crippen MR) is 131 cm³/mol. The van der Waals surface area contributed by atoms with Crippen LogP contribution in [0.2, 0.25) is 0 Å². The number of likely N-dealkylation sites (tertiary alicyclic amines) is 1. The SMILES string of the molecule is C/C=C/C(=O)N1CC[C@@H](n2c(=O)n(-c3ccc(Oc4ccccc4)cc3)c3c(N)nccc32)C1. The molecule has 34 heavy (non-hydrogen) atoms. The quantitative estimate of drug-likeness (QED) is 0.461. The molecule has 1 saturated heterocycles. The lowest BCUT2D eigenvalue weighted by molar-refractivity contribution is -0.125. The number of nitrogens with two attached hydrogens (primary N) is 1. The van der Waals surface area contributed by atoms with Gasteiger partial charge in [-0.15, -0.1) is 0 Å². The van der Waals surface area contributed by atoms with Crippen LogP contribution < -0.4 is 16.2 Å². The molecule has 2 N–H and O–H groups in total. The molecule has 0 aliphatic carbocycles. The van der Waals surface area contributed by atoms with Crippen molar-refractivity contribution in [2.24, 2.45) is 0 Å². The summed E-state index contributed by atoms with van der Waals surface area (Å²) in [7, 11) is 0. The summed E-state index contributed by atoms with van der Waals surface area (Å²) < 4.78 is 9.20. The maximum Gasteiger partial charge on any atom is 0.334 e. The Labute approximate surface area is 196 Å². The molecule has 4 aromatic rings. The molecule has 5 rings (SSSR count). The number of nitrogen functional groups attached to an aromatic ring is 1. The molecule has 2 aromatic heterocycles. The Bertz CT molecular complexity index is 1420. The van der Waals surface area contributed by atoms with Gasteiger partial charge >= 0.3 is 5.69 Å². The Hall–Kier alpha value is -4.33. The maximum absolute atomic E-state index is 13.7. The predicted octanol–water partition coefficient (Wildman–Crippen LogP) is 3.91. The first-order valence-electron chi connectivity index (χ1n) is 11.2. The lowest BCUT2D eigenvalue weighted by Gasteiger charge is -2.15. The molecular weight excluding hydrogens is 430 g/mol. The van der Waals surface area contributed by atoms with Crippen LogP contribution in [0.15, 0.2) is 83.8 Å². The summed E-state index contributed by atoms with van der Waals surface area (Å²) in [6.45, 7) is 2.88. The zero-order valence-corrected chi connectivity index (χ0v) is 18.8. The smallest absolute Gasteiger partial charge is 0.334 e. The van der Waals surface area contributed by atoms with E-state index in [4.69, 9.17) is 10.5 Å². The molecule has 1 fully saturated rings. The Morgan fingerprint density at radius 3 is 2.56 bits per heavy atom. The van der Waals surface area contributed by atoms with Crippen molar-refractivity contribution in [3.8, 4) is 17.2 Å². The first kappa shape index (κ1) is 21.5. The van der Waals surface area contributed by atoms with Crippen LogP contribution >= 0.6 is 0 Å². The maximum atomic E-state index is 13.7. The van der Waals surface area contributed by atoms with E-state index in [2.05, 4.69) is 4.98 Å². The van der Waals surface area contributed by atoms with Gasteiger partial charge in [-0.05, 0) is 61.9 Å². The number of aromatic nitrogens is 3. The van der Waals surface area contributed by atoms with Crippen LogP contribution in [0, 0.1) is 0 Å². The molecule has 8 nitrogen and oxygen atoms in total. The second-order valence-electron chi connectivity index (χ2n) is 8.19. The molecule has 2 aromatic carbocycles. The van der Waals surface area contributed by atoms with Gasteiger partial charge in [-0.1, -0.05) is 24.3 Å². The van der Waals surface area contributed by atoms with Crippen LogP contribution in [-0.2, 0) is 4.79 Å². The number of carbonyl (C=O) groups excluding carboxylic acids is 1. The highest BCUT2D eigenvalue weighted by Crippen LogP contribution is 2.29. The van der Waals surface area contributed by atoms with E-state index < -0.39 is 0 Å². The zero-order valence-electron chi connectivity index (χ0n) is 18.8. The van der Waals surface area contributed by atoms with Crippen LogP contribution in [0.1, 0.15) is 19.4 Å². The van der Waals surface area contributed by atoms with Gasteiger partial charge in [-0.3, -0.25) is 13.9 Å². The largest absolute Gasteiger partial charge is 0.457 e. The number of allylic oxidation sites excluding steroid dienone is 1. The van der Waals surface area contributed by atoms with Gasteiger partial charge in [0, 0.05) is 19.3 Å². The third kappa shape index (κ3) is 3.83. The number of benzene rings is 2. The number of para-hydroxylation sites is 1. The minimum absolute atomic E-state index is 0.0445. The van der Waals surface area contributed by atoms with E-state index >= 15 is 0 Å². The molecule has 0 radical (unpaired) electrons. The van der Waals surface area contributed by atoms with Crippen molar-refractivity contribution in [2.75, 3.05) is 18.8 Å². The van der Waals surface area contributed by atoms with E-state index in [1.807, 2.05) is 61.5 Å². The summed E-state index contributed by atoms with van der Waals surface area (Å²) in [5.41, 5.74) is 7.95. The van der Waals surface area contributed by atoms with E-state index in [1.165, 1.54) is 0 Å². The summed E-state index contributed by atoms with van der Waals surface area (Å²) >= 11 is 0. The molecule has 0 spiro atoms. The number of anilines is 1. The average Bonchev–Trinajstić information content (AvgIpc) is 3.43. The van der Waals surface area contributed by atoms with Gasteiger partial charge in [0.2, 0.25) is 5.91 Å². The number of pyridine rings is 1. The van der Waals surface area contributed by atoms with Crippen LogP contribution in [0.5, 0.6) is 11.5 Å². The van der Waals surface area contributed by atoms with Gasteiger partial charge in [0.25, 0.3) is 0 Å². The monoisotopic (exact) mass is 455 g/mol. The molecule has 1 aliphatic rings. The highest BCUT2D eigenvalue weighted by atomic mass is 16.5. The van der Waals surface area contributed by atoms with Crippen molar-refractivity contribution in [3.05, 3.63) is 89.5 Å². The molecule has 3 heterocycles. The summed E-state index contributed by atoms with van der Waals surface area (Å²) in [6.07, 6.45) is 5.57. The molecular formula is C26H25N5O3. The first-order chi connectivity index (χ1) is 16.6. The van der Waals surface area contributed by atoms with Crippen molar-refractivity contribution >= 4 is 22.8 Å². The van der Waals surface area contributed by atoms with E-state index in [9.17, 15) is 9.59 Å². The van der Waals surface area contributed by atoms with Crippen LogP contribution in [0.4, 0.5) is 5.82 Å². The lowest BCUT2D eigenvalue weighted by Crippen LogP contribution is -2.31. The van der Waals surface area contributed by atoms with Crippen molar-refractivity contribution in [2.45, 2.75) is 19.4 Å². The molecule has 1 amide bonds. The second-order valence-corrected chi connectivity index (χ2v) is 8.19. The van der Waals surface area contributed by atoms with E-state index in [1.54, 1.807) is 38.4 Å². The number of fused-ring (bicyclic) bond motifs is 1. The van der Waals surface area contributed by atoms with Gasteiger partial charge in [0.1, 0.15) is 22.8 Å². The fourth-order valence-electron chi connectivity index (χ4n) is 4.47. The third-order valence-corrected chi connectivity index (χ3v) is 6.04. The number of ether oxygens (including phenoxy) is 1. The van der Waals surface area contributed by atoms with Gasteiger partial charge < -0.3 is 15.4 Å². The number of nitrogens with zero attached hydrogens (tertiary/aromatic N) is 4. The van der Waals surface area contributed by atoms with E-state index in [0.717, 1.165) is 5.75 Å². The van der Waals surface area contributed by atoms with E-state index in [0.29, 0.717) is 42.0 Å². The standard InChI is InChI=1S/C26H25N5O3/c1-2-6-23(32)29-16-14-19(17-29)30-22-13-15-28-25(27)24(22)31(26(30)33)18-9-11-21(12-10-18)34-20-7-4-3-5-8-20/h2-13,15,19H,14,16-17H2,1H3,(H2,27,28)/b6-2+/t19-/m1/s1. The second kappa shape index (κ2) is 8.90. The van der Waals surface area contributed by atoms with E-state index in [-0.39, 0.29) is 23.5 Å². The molecule has 1 atom stereocenters. The highest BCUT2D eigenvalue weighted by molar-refractivity contribution is 5.88. The van der Waals surface area contributed by atoms with Crippen molar-refractivity contribution in [3.63, 3.8) is 0 Å². The minimum atomic E-state index is -0.211. The van der Waals surface area contributed by atoms with Gasteiger partial charge in [0.15, 0.2) is 0 Å². The van der Waals surface area contributed by atoms with Crippen molar-refractivity contribution < 1.29 is 9.53 Å². The number of carbonyl (C=O) groups is 1. The fourth-order valence-corrected chi connectivity index (χ4v) is 4.47. The average molecular weight is 456 g/mol. The minimum Gasteiger partial charge on any atom is -0.457 e.